The first-order valence-electron chi connectivity index (χ1n) is 10.9. The van der Waals surface area contributed by atoms with Gasteiger partial charge in [0.15, 0.2) is 17.0 Å². The lowest BCUT2D eigenvalue weighted by molar-refractivity contribution is -0.168. The van der Waals surface area contributed by atoms with Crippen molar-refractivity contribution >= 4 is 35.0 Å². The molecule has 0 fully saturated rings. The number of carbonyl (C=O) groups is 5. The molecule has 2 aromatic rings. The zero-order valence-electron chi connectivity index (χ0n) is 18.9. The Morgan fingerprint density at radius 3 is 2.09 bits per heavy atom. The van der Waals surface area contributed by atoms with Gasteiger partial charge in [0.2, 0.25) is 0 Å². The third kappa shape index (κ3) is 3.34. The molecule has 0 saturated heterocycles. The van der Waals surface area contributed by atoms with Crippen LogP contribution in [-0.2, 0) is 30.3 Å². The van der Waals surface area contributed by atoms with Crippen LogP contribution in [0.5, 0.6) is 5.75 Å². The number of hydrogen-bond donors (Lipinski definition) is 0. The number of benzene rings is 2. The summed E-state index contributed by atoms with van der Waals surface area (Å²) in [7, 11) is 0. The van der Waals surface area contributed by atoms with E-state index in [1.165, 1.54) is 25.1 Å². The molecule has 0 amide bonds. The van der Waals surface area contributed by atoms with E-state index in [4.69, 9.17) is 14.2 Å². The van der Waals surface area contributed by atoms with E-state index in [1.54, 1.807) is 38.1 Å². The van der Waals surface area contributed by atoms with Crippen molar-refractivity contribution in [3.8, 4) is 5.75 Å². The second-order valence-corrected chi connectivity index (χ2v) is 7.86. The molecule has 2 aliphatic rings. The quantitative estimate of drug-likeness (QED) is 0.378. The lowest BCUT2D eigenvalue weighted by atomic mass is 9.62. The van der Waals surface area contributed by atoms with Crippen LogP contribution in [0.15, 0.2) is 48.0 Å². The van der Waals surface area contributed by atoms with Gasteiger partial charge in [0.25, 0.3) is 0 Å². The maximum absolute atomic E-state index is 13.9. The summed E-state index contributed by atoms with van der Waals surface area (Å²) in [5.41, 5.74) is -1.77. The van der Waals surface area contributed by atoms with Gasteiger partial charge in [0.05, 0.1) is 18.8 Å². The molecule has 0 aliphatic heterocycles. The van der Waals surface area contributed by atoms with Gasteiger partial charge >= 0.3 is 17.9 Å². The maximum Gasteiger partial charge on any atom is 0.328 e. The molecule has 8 nitrogen and oxygen atoms in total. The fraction of sp³-hybridized carbons (Fsp3) is 0.269. The van der Waals surface area contributed by atoms with E-state index in [-0.39, 0.29) is 47.7 Å². The monoisotopic (exact) mass is 462 g/mol. The largest absolute Gasteiger partial charge is 0.465 e. The van der Waals surface area contributed by atoms with Crippen LogP contribution in [0.4, 0.5) is 0 Å². The summed E-state index contributed by atoms with van der Waals surface area (Å²) in [5.74, 6) is -3.99. The van der Waals surface area contributed by atoms with Crippen molar-refractivity contribution in [1.82, 2.24) is 0 Å². The molecular formula is C26H22O8. The lowest BCUT2D eigenvalue weighted by Crippen LogP contribution is -2.51. The summed E-state index contributed by atoms with van der Waals surface area (Å²) in [4.78, 5) is 66.2. The van der Waals surface area contributed by atoms with E-state index in [9.17, 15) is 24.0 Å². The molecule has 174 valence electrons. The fourth-order valence-corrected chi connectivity index (χ4v) is 4.58. The molecule has 0 atom stereocenters. The summed E-state index contributed by atoms with van der Waals surface area (Å²) in [6, 6.07) is 11.0. The average Bonchev–Trinajstić information content (AvgIpc) is 2.81. The molecule has 0 unspecified atom stereocenters. The van der Waals surface area contributed by atoms with Crippen LogP contribution in [0.3, 0.4) is 0 Å². The third-order valence-corrected chi connectivity index (χ3v) is 5.87. The van der Waals surface area contributed by atoms with Crippen molar-refractivity contribution < 1.29 is 38.2 Å². The average molecular weight is 462 g/mol. The van der Waals surface area contributed by atoms with Crippen LogP contribution in [0, 0.1) is 5.41 Å². The molecule has 8 heteroatoms. The second-order valence-electron chi connectivity index (χ2n) is 7.86. The van der Waals surface area contributed by atoms with E-state index in [1.807, 2.05) is 0 Å². The number of ether oxygens (including phenoxy) is 3. The van der Waals surface area contributed by atoms with Gasteiger partial charge in [-0.15, -0.1) is 0 Å². The number of esters is 3. The Kier molecular flexibility index (Phi) is 5.91. The highest BCUT2D eigenvalue weighted by atomic mass is 16.6. The van der Waals surface area contributed by atoms with E-state index in [2.05, 4.69) is 0 Å². The molecule has 2 aliphatic carbocycles. The van der Waals surface area contributed by atoms with Gasteiger partial charge in [-0.2, -0.15) is 0 Å². The molecule has 4 rings (SSSR count). The van der Waals surface area contributed by atoms with Gasteiger partial charge in [-0.25, -0.2) is 0 Å². The van der Waals surface area contributed by atoms with E-state index in [0.717, 1.165) is 0 Å². The van der Waals surface area contributed by atoms with Crippen molar-refractivity contribution in [2.45, 2.75) is 27.2 Å². The summed E-state index contributed by atoms with van der Waals surface area (Å²) in [5, 5.41) is 0. The van der Waals surface area contributed by atoms with Gasteiger partial charge < -0.3 is 14.2 Å². The van der Waals surface area contributed by atoms with Gasteiger partial charge in [-0.1, -0.05) is 36.4 Å². The van der Waals surface area contributed by atoms with Gasteiger partial charge in [-0.3, -0.25) is 24.0 Å². The molecule has 0 bridgehead atoms. The Balaban J connectivity index is 2.09. The third-order valence-electron chi connectivity index (χ3n) is 5.87. The van der Waals surface area contributed by atoms with Crippen molar-refractivity contribution in [3.05, 3.63) is 70.3 Å². The van der Waals surface area contributed by atoms with Crippen LogP contribution < -0.4 is 4.74 Å². The summed E-state index contributed by atoms with van der Waals surface area (Å²) in [6.45, 7) is 4.26. The minimum absolute atomic E-state index is 0.0421. The zero-order chi connectivity index (χ0) is 24.6. The Hall–Kier alpha value is -4.07. The molecule has 0 heterocycles. The van der Waals surface area contributed by atoms with E-state index < -0.39 is 34.9 Å². The highest BCUT2D eigenvalue weighted by molar-refractivity contribution is 6.44. The number of allylic oxidation sites excluding steroid dienone is 1. The summed E-state index contributed by atoms with van der Waals surface area (Å²) in [6.07, 6.45) is -0.197. The SMILES string of the molecule is CCOC(=O)C1(C(=O)OCC)Cc2ccccc2C2=C1C(=O)c1cccc(OC(C)=O)c1C2=O. The Morgan fingerprint density at radius 1 is 0.853 bits per heavy atom. The zero-order valence-corrected chi connectivity index (χ0v) is 18.9. The molecule has 34 heavy (non-hydrogen) atoms. The maximum atomic E-state index is 13.9. The standard InChI is InChI=1S/C26H22O8/c1-4-32-24(30)26(25(31)33-5-2)13-15-9-6-7-10-16(15)20-21(26)22(28)17-11-8-12-18(34-14(3)27)19(17)23(20)29/h6-12H,4-5,13H2,1-3H3. The van der Waals surface area contributed by atoms with Crippen molar-refractivity contribution in [3.63, 3.8) is 0 Å². The van der Waals surface area contributed by atoms with Crippen LogP contribution in [-0.4, -0.2) is 42.7 Å². The van der Waals surface area contributed by atoms with Crippen LogP contribution in [0.2, 0.25) is 0 Å². The molecular weight excluding hydrogens is 440 g/mol. The second kappa shape index (κ2) is 8.70. The predicted octanol–water partition coefficient (Wildman–Crippen LogP) is 3.11. The first-order chi connectivity index (χ1) is 16.3. The fourth-order valence-electron chi connectivity index (χ4n) is 4.58. The smallest absolute Gasteiger partial charge is 0.328 e. The first kappa shape index (κ1) is 23.1. The number of fused-ring (bicyclic) bond motifs is 3. The number of Topliss-reactive ketones (excluding diaryl/α,β-unsaturated/α-hetero) is 2. The molecule has 0 aromatic heterocycles. The molecule has 0 saturated carbocycles. The Labute approximate surface area is 195 Å². The molecule has 2 aromatic carbocycles. The van der Waals surface area contributed by atoms with Gasteiger partial charge in [0, 0.05) is 30.1 Å². The lowest BCUT2D eigenvalue weighted by Gasteiger charge is -2.38. The predicted molar refractivity (Wildman–Crippen MR) is 119 cm³/mol. The Bertz CT molecular complexity index is 1270. The number of carbonyl (C=O) groups excluding carboxylic acids is 5. The van der Waals surface area contributed by atoms with Crippen LogP contribution >= 0.6 is 0 Å². The highest BCUT2D eigenvalue weighted by Crippen LogP contribution is 2.50. The van der Waals surface area contributed by atoms with Gasteiger partial charge in [-0.05, 0) is 31.0 Å². The summed E-state index contributed by atoms with van der Waals surface area (Å²) < 4.78 is 15.7. The highest BCUT2D eigenvalue weighted by Gasteiger charge is 2.60. The number of ketones is 2. The van der Waals surface area contributed by atoms with Crippen LogP contribution in [0.1, 0.15) is 52.6 Å². The number of rotatable bonds is 5. The van der Waals surface area contributed by atoms with Crippen molar-refractivity contribution in [2.24, 2.45) is 5.41 Å². The normalized spacial score (nSPS) is 15.6. The molecule has 0 N–H and O–H groups in total. The van der Waals surface area contributed by atoms with E-state index >= 15 is 0 Å². The number of hydrogen-bond acceptors (Lipinski definition) is 8. The topological polar surface area (TPSA) is 113 Å². The van der Waals surface area contributed by atoms with Crippen molar-refractivity contribution in [2.75, 3.05) is 13.2 Å². The minimum atomic E-state index is -2.16. The first-order valence-corrected chi connectivity index (χ1v) is 10.9. The van der Waals surface area contributed by atoms with Crippen LogP contribution in [0.25, 0.3) is 5.57 Å². The summed E-state index contributed by atoms with van der Waals surface area (Å²) >= 11 is 0. The molecule has 0 radical (unpaired) electrons. The van der Waals surface area contributed by atoms with Gasteiger partial charge in [0.1, 0.15) is 5.75 Å². The minimum Gasteiger partial charge on any atom is -0.465 e. The van der Waals surface area contributed by atoms with Crippen molar-refractivity contribution in [1.29, 1.82) is 0 Å². The Morgan fingerprint density at radius 2 is 1.47 bits per heavy atom. The molecule has 0 spiro atoms. The van der Waals surface area contributed by atoms with E-state index in [0.29, 0.717) is 11.1 Å².